The Morgan fingerprint density at radius 1 is 0.848 bits per heavy atom. The van der Waals surface area contributed by atoms with E-state index < -0.39 is 18.0 Å². The molecule has 0 aliphatic carbocycles. The van der Waals surface area contributed by atoms with Gasteiger partial charge in [0.2, 0.25) is 0 Å². The van der Waals surface area contributed by atoms with Gasteiger partial charge in [-0.2, -0.15) is 0 Å². The van der Waals surface area contributed by atoms with E-state index in [1.807, 2.05) is 6.07 Å². The molecule has 0 aliphatic rings. The number of nitrogens with two attached hydrogens (primary N) is 1. The molecule has 0 aromatic heterocycles. The Morgan fingerprint density at radius 3 is 2.09 bits per heavy atom. The molecule has 6 heteroatoms. The fourth-order valence-corrected chi connectivity index (χ4v) is 3.64. The Hall–Kier alpha value is -2.60. The smallest absolute Gasteiger partial charge is 0.320 e. The van der Waals surface area contributed by atoms with E-state index in [1.54, 1.807) is 12.1 Å². The minimum atomic E-state index is -1.02. The van der Waals surface area contributed by atoms with Gasteiger partial charge in [-0.05, 0) is 75.0 Å². The number of carbonyl (C=O) groups is 2. The average Bonchev–Trinajstić information content (AvgIpc) is 2.77. The molecule has 0 unspecified atom stereocenters. The van der Waals surface area contributed by atoms with Gasteiger partial charge < -0.3 is 21.1 Å². The van der Waals surface area contributed by atoms with Crippen molar-refractivity contribution in [2.24, 2.45) is 5.73 Å². The maximum atomic E-state index is 10.9. The third-order valence-corrected chi connectivity index (χ3v) is 5.60. The topological polar surface area (TPSA) is 121 Å². The van der Waals surface area contributed by atoms with E-state index in [-0.39, 0.29) is 18.6 Å². The number of hydrogen-bond acceptors (Lipinski definition) is 4. The second kappa shape index (κ2) is 17.9. The first-order chi connectivity index (χ1) is 15.9. The van der Waals surface area contributed by atoms with Crippen molar-refractivity contribution in [1.29, 1.82) is 0 Å². The molecule has 184 valence electrons. The molecule has 1 aromatic rings. The van der Waals surface area contributed by atoms with Crippen LogP contribution in [0.2, 0.25) is 0 Å². The average molecular weight is 460 g/mol. The summed E-state index contributed by atoms with van der Waals surface area (Å²) in [7, 11) is 0. The fourth-order valence-electron chi connectivity index (χ4n) is 3.64. The zero-order chi connectivity index (χ0) is 24.3. The maximum absolute atomic E-state index is 10.9. The summed E-state index contributed by atoms with van der Waals surface area (Å²) < 4.78 is 0. The van der Waals surface area contributed by atoms with Crippen LogP contribution in [-0.4, -0.2) is 33.3 Å². The molecule has 0 radical (unpaired) electrons. The Labute approximate surface area is 198 Å². The highest BCUT2D eigenvalue weighted by Crippen LogP contribution is 2.22. The van der Waals surface area contributed by atoms with E-state index in [1.165, 1.54) is 0 Å². The third-order valence-electron chi connectivity index (χ3n) is 5.60. The number of aliphatic carboxylic acids is 2. The molecule has 0 spiro atoms. The number of phenols is 1. The number of carboxylic acids is 2. The number of unbranched alkanes of at least 4 members (excludes halogenated alkanes) is 8. The van der Waals surface area contributed by atoms with Gasteiger partial charge in [0.25, 0.3) is 0 Å². The standard InChI is InChI=1S/C27H41NO5/c28-24(27(32)33)21-22-18-19-25(29)23(20-22)16-14-12-10-8-6-4-2-1-3-5-7-9-11-13-15-17-26(30)31/h1,3-4,6,18-20,24,29H,2,5,7-17,21,28H2,(H,30,31)(H,32,33)/t24-/m0/s1. The summed E-state index contributed by atoms with van der Waals surface area (Å²) in [5.74, 6) is -1.46. The van der Waals surface area contributed by atoms with Gasteiger partial charge in [0.15, 0.2) is 0 Å². The molecular weight excluding hydrogens is 418 g/mol. The molecule has 0 amide bonds. The van der Waals surface area contributed by atoms with Gasteiger partial charge in [0.1, 0.15) is 11.8 Å². The molecule has 6 nitrogen and oxygen atoms in total. The summed E-state index contributed by atoms with van der Waals surface area (Å²) in [6, 6.07) is 4.29. The van der Waals surface area contributed by atoms with Gasteiger partial charge in [0, 0.05) is 6.42 Å². The molecule has 0 saturated carbocycles. The molecule has 0 bridgehead atoms. The summed E-state index contributed by atoms with van der Waals surface area (Å²) in [6.07, 6.45) is 21.7. The molecule has 0 heterocycles. The Morgan fingerprint density at radius 2 is 1.45 bits per heavy atom. The van der Waals surface area contributed by atoms with Crippen molar-refractivity contribution in [2.75, 3.05) is 0 Å². The number of allylic oxidation sites excluding steroid dienone is 4. The Kier molecular flexibility index (Phi) is 15.4. The van der Waals surface area contributed by atoms with E-state index in [0.29, 0.717) is 0 Å². The second-order valence-electron chi connectivity index (χ2n) is 8.59. The molecular formula is C27H41NO5. The normalized spacial score (nSPS) is 12.5. The largest absolute Gasteiger partial charge is 0.508 e. The molecule has 0 aliphatic heterocycles. The number of carboxylic acid groups (broad SMARTS) is 2. The van der Waals surface area contributed by atoms with Gasteiger partial charge in [-0.15, -0.1) is 0 Å². The quantitative estimate of drug-likeness (QED) is 0.154. The van der Waals surface area contributed by atoms with Crippen molar-refractivity contribution in [3.05, 3.63) is 53.6 Å². The molecule has 0 fully saturated rings. The maximum Gasteiger partial charge on any atom is 0.320 e. The molecule has 1 aromatic carbocycles. The summed E-state index contributed by atoms with van der Waals surface area (Å²) in [4.78, 5) is 21.3. The van der Waals surface area contributed by atoms with Crippen LogP contribution in [0.15, 0.2) is 42.5 Å². The van der Waals surface area contributed by atoms with Crippen molar-refractivity contribution in [3.63, 3.8) is 0 Å². The van der Waals surface area contributed by atoms with Crippen LogP contribution < -0.4 is 5.73 Å². The van der Waals surface area contributed by atoms with Crippen LogP contribution in [0.5, 0.6) is 5.75 Å². The van der Waals surface area contributed by atoms with E-state index in [0.717, 1.165) is 88.2 Å². The highest BCUT2D eigenvalue weighted by Gasteiger charge is 2.13. The Balaban J connectivity index is 2.06. The molecule has 1 atom stereocenters. The summed E-state index contributed by atoms with van der Waals surface area (Å²) >= 11 is 0. The first-order valence-corrected chi connectivity index (χ1v) is 12.2. The number of benzene rings is 1. The Bertz CT molecular complexity index is 757. The first-order valence-electron chi connectivity index (χ1n) is 12.2. The zero-order valence-corrected chi connectivity index (χ0v) is 19.8. The van der Waals surface area contributed by atoms with Gasteiger partial charge >= 0.3 is 11.9 Å². The number of aryl methyl sites for hydroxylation is 1. The summed E-state index contributed by atoms with van der Waals surface area (Å²) in [5, 5.41) is 27.6. The lowest BCUT2D eigenvalue weighted by atomic mass is 9.99. The lowest BCUT2D eigenvalue weighted by molar-refractivity contribution is -0.139. The van der Waals surface area contributed by atoms with Crippen LogP contribution in [0.4, 0.5) is 0 Å². The highest BCUT2D eigenvalue weighted by atomic mass is 16.4. The van der Waals surface area contributed by atoms with E-state index in [4.69, 9.17) is 15.9 Å². The predicted octanol–water partition coefficient (Wildman–Crippen LogP) is 5.77. The van der Waals surface area contributed by atoms with Crippen LogP contribution in [0.25, 0.3) is 0 Å². The van der Waals surface area contributed by atoms with Crippen LogP contribution in [0.3, 0.4) is 0 Å². The summed E-state index contributed by atoms with van der Waals surface area (Å²) in [6.45, 7) is 0. The summed E-state index contributed by atoms with van der Waals surface area (Å²) in [5.41, 5.74) is 7.29. The van der Waals surface area contributed by atoms with Crippen molar-refractivity contribution in [3.8, 4) is 5.75 Å². The van der Waals surface area contributed by atoms with Crippen LogP contribution in [0.1, 0.15) is 88.2 Å². The van der Waals surface area contributed by atoms with Gasteiger partial charge in [0.05, 0.1) is 0 Å². The number of aromatic hydroxyl groups is 1. The number of hydrogen-bond donors (Lipinski definition) is 4. The lowest BCUT2D eigenvalue weighted by Crippen LogP contribution is -2.32. The molecule has 33 heavy (non-hydrogen) atoms. The van der Waals surface area contributed by atoms with Gasteiger partial charge in [-0.1, -0.05) is 62.1 Å². The van der Waals surface area contributed by atoms with E-state index >= 15 is 0 Å². The van der Waals surface area contributed by atoms with Crippen LogP contribution in [0, 0.1) is 0 Å². The van der Waals surface area contributed by atoms with Crippen molar-refractivity contribution >= 4 is 11.9 Å². The van der Waals surface area contributed by atoms with Crippen LogP contribution in [-0.2, 0) is 22.4 Å². The lowest BCUT2D eigenvalue weighted by Gasteiger charge is -2.10. The minimum Gasteiger partial charge on any atom is -0.508 e. The zero-order valence-electron chi connectivity index (χ0n) is 19.8. The van der Waals surface area contributed by atoms with Gasteiger partial charge in [-0.25, -0.2) is 0 Å². The van der Waals surface area contributed by atoms with Gasteiger partial charge in [-0.3, -0.25) is 9.59 Å². The van der Waals surface area contributed by atoms with Crippen molar-refractivity contribution < 1.29 is 24.9 Å². The SMILES string of the molecule is N[C@@H](Cc1ccc(O)c(CCCCCC=CCC=CCCCCCCCC(=O)O)c1)C(=O)O. The first kappa shape index (κ1) is 28.4. The number of phenolic OH excluding ortho intramolecular Hbond substituents is 1. The molecule has 0 saturated heterocycles. The van der Waals surface area contributed by atoms with E-state index in [9.17, 15) is 14.7 Å². The second-order valence-corrected chi connectivity index (χ2v) is 8.59. The fraction of sp³-hybridized carbons (Fsp3) is 0.556. The monoisotopic (exact) mass is 459 g/mol. The van der Waals surface area contributed by atoms with Crippen molar-refractivity contribution in [1.82, 2.24) is 0 Å². The third kappa shape index (κ3) is 15.0. The molecule has 5 N–H and O–H groups in total. The molecule has 1 rings (SSSR count). The predicted molar refractivity (Wildman–Crippen MR) is 132 cm³/mol. The minimum absolute atomic E-state index is 0.257. The number of rotatable bonds is 19. The highest BCUT2D eigenvalue weighted by molar-refractivity contribution is 5.73. The van der Waals surface area contributed by atoms with Crippen molar-refractivity contribution in [2.45, 2.75) is 95.9 Å². The van der Waals surface area contributed by atoms with Crippen LogP contribution >= 0.6 is 0 Å². The van der Waals surface area contributed by atoms with E-state index in [2.05, 4.69) is 24.3 Å².